The van der Waals surface area contributed by atoms with Crippen LogP contribution < -0.4 is 15.4 Å². The second-order valence-corrected chi connectivity index (χ2v) is 8.79. The molecule has 0 radical (unpaired) electrons. The molecule has 36 heavy (non-hydrogen) atoms. The number of ketones is 1. The first-order valence-electron chi connectivity index (χ1n) is 12.1. The molecule has 1 saturated carbocycles. The number of carbonyl (C=O) groups is 3. The van der Waals surface area contributed by atoms with Crippen LogP contribution in [0.25, 0.3) is 0 Å². The highest BCUT2D eigenvalue weighted by Gasteiger charge is 2.29. The van der Waals surface area contributed by atoms with E-state index < -0.39 is 11.9 Å². The SMILES string of the molecule is O=C(CCC(=O)C1CC1)NC(COCc1ccccc1)C(=O)Nc1ccc(Oc2ccccc2)cc1. The van der Waals surface area contributed by atoms with E-state index in [1.165, 1.54) is 0 Å². The van der Waals surface area contributed by atoms with Crippen LogP contribution in [0.1, 0.15) is 31.2 Å². The molecule has 0 heterocycles. The first kappa shape index (κ1) is 25.1. The van der Waals surface area contributed by atoms with Crippen LogP contribution in [0.5, 0.6) is 11.5 Å². The number of Topliss-reactive ketones (excluding diaryl/α,β-unsaturated/α-hetero) is 1. The molecular weight excluding hydrogens is 456 g/mol. The standard InChI is InChI=1S/C29H30N2O5/c32-27(22-11-12-22)17-18-28(33)31-26(20-35-19-21-7-3-1-4-8-21)29(34)30-23-13-15-25(16-14-23)36-24-9-5-2-6-10-24/h1-10,13-16,22,26H,11-12,17-20H2,(H,30,34)(H,31,33). The summed E-state index contributed by atoms with van der Waals surface area (Å²) < 4.78 is 11.5. The van der Waals surface area contributed by atoms with E-state index in [1.54, 1.807) is 24.3 Å². The van der Waals surface area contributed by atoms with E-state index in [0.29, 0.717) is 23.8 Å². The fourth-order valence-electron chi connectivity index (χ4n) is 3.62. The molecule has 1 atom stereocenters. The molecule has 2 amide bonds. The molecular formula is C29H30N2O5. The average molecular weight is 487 g/mol. The van der Waals surface area contributed by atoms with Gasteiger partial charge in [0.25, 0.3) is 0 Å². The zero-order chi connectivity index (χ0) is 25.2. The Morgan fingerprint density at radius 2 is 1.44 bits per heavy atom. The third-order valence-electron chi connectivity index (χ3n) is 5.78. The number of rotatable bonds is 13. The van der Waals surface area contributed by atoms with E-state index in [2.05, 4.69) is 10.6 Å². The molecule has 1 aliphatic rings. The van der Waals surface area contributed by atoms with Gasteiger partial charge in [0.05, 0.1) is 13.2 Å². The van der Waals surface area contributed by atoms with Crippen molar-refractivity contribution >= 4 is 23.3 Å². The molecule has 0 bridgehead atoms. The average Bonchev–Trinajstić information content (AvgIpc) is 3.75. The van der Waals surface area contributed by atoms with Gasteiger partial charge in [0.15, 0.2) is 0 Å². The molecule has 7 nitrogen and oxygen atoms in total. The van der Waals surface area contributed by atoms with Crippen LogP contribution in [0.4, 0.5) is 5.69 Å². The number of nitrogens with one attached hydrogen (secondary N) is 2. The van der Waals surface area contributed by atoms with Gasteiger partial charge >= 0.3 is 0 Å². The number of carbonyl (C=O) groups excluding carboxylic acids is 3. The maximum absolute atomic E-state index is 13.0. The van der Waals surface area contributed by atoms with Gasteiger partial charge in [0.2, 0.25) is 11.8 Å². The lowest BCUT2D eigenvalue weighted by molar-refractivity contribution is -0.129. The Bertz CT molecular complexity index is 1150. The molecule has 1 aliphatic carbocycles. The molecule has 0 spiro atoms. The van der Waals surface area contributed by atoms with Gasteiger partial charge in [-0.25, -0.2) is 0 Å². The lowest BCUT2D eigenvalue weighted by Crippen LogP contribution is -2.46. The van der Waals surface area contributed by atoms with Crippen molar-refractivity contribution in [2.24, 2.45) is 5.92 Å². The van der Waals surface area contributed by atoms with Crippen LogP contribution in [-0.2, 0) is 25.7 Å². The Hall–Kier alpha value is -3.97. The highest BCUT2D eigenvalue weighted by atomic mass is 16.5. The smallest absolute Gasteiger partial charge is 0.249 e. The number of amides is 2. The highest BCUT2D eigenvalue weighted by molar-refractivity contribution is 5.97. The van der Waals surface area contributed by atoms with Crippen molar-refractivity contribution in [2.75, 3.05) is 11.9 Å². The Balaban J connectivity index is 1.33. The Morgan fingerprint density at radius 3 is 2.11 bits per heavy atom. The minimum atomic E-state index is -0.905. The van der Waals surface area contributed by atoms with Crippen LogP contribution in [0.3, 0.4) is 0 Å². The molecule has 0 aromatic heterocycles. The van der Waals surface area contributed by atoms with Gasteiger partial charge in [-0.3, -0.25) is 14.4 Å². The van der Waals surface area contributed by atoms with Crippen molar-refractivity contribution in [3.05, 3.63) is 90.5 Å². The number of hydrogen-bond donors (Lipinski definition) is 2. The molecule has 2 N–H and O–H groups in total. The molecule has 3 aromatic rings. The number of benzene rings is 3. The third kappa shape index (κ3) is 8.06. The zero-order valence-electron chi connectivity index (χ0n) is 20.0. The van der Waals surface area contributed by atoms with Gasteiger partial charge < -0.3 is 20.1 Å². The van der Waals surface area contributed by atoms with Crippen LogP contribution in [0.2, 0.25) is 0 Å². The van der Waals surface area contributed by atoms with Gasteiger partial charge in [-0.05, 0) is 54.8 Å². The molecule has 0 aliphatic heterocycles. The van der Waals surface area contributed by atoms with E-state index >= 15 is 0 Å². The topological polar surface area (TPSA) is 93.7 Å². The van der Waals surface area contributed by atoms with Gasteiger partial charge in [-0.1, -0.05) is 48.5 Å². The molecule has 3 aromatic carbocycles. The van der Waals surface area contributed by atoms with Gasteiger partial charge in [-0.15, -0.1) is 0 Å². The minimum absolute atomic E-state index is 0.00175. The quantitative estimate of drug-likeness (QED) is 0.359. The third-order valence-corrected chi connectivity index (χ3v) is 5.78. The lowest BCUT2D eigenvalue weighted by atomic mass is 10.1. The Morgan fingerprint density at radius 1 is 0.806 bits per heavy atom. The molecule has 1 fully saturated rings. The molecule has 186 valence electrons. The number of ether oxygens (including phenoxy) is 2. The van der Waals surface area contributed by atoms with E-state index in [0.717, 1.165) is 18.4 Å². The predicted molar refractivity (Wildman–Crippen MR) is 137 cm³/mol. The van der Waals surface area contributed by atoms with Crippen LogP contribution >= 0.6 is 0 Å². The zero-order valence-corrected chi connectivity index (χ0v) is 20.0. The van der Waals surface area contributed by atoms with Gasteiger partial charge in [0.1, 0.15) is 23.3 Å². The van der Waals surface area contributed by atoms with Crippen LogP contribution in [-0.4, -0.2) is 30.2 Å². The molecule has 7 heteroatoms. The lowest BCUT2D eigenvalue weighted by Gasteiger charge is -2.19. The molecule has 4 rings (SSSR count). The number of hydrogen-bond acceptors (Lipinski definition) is 5. The summed E-state index contributed by atoms with van der Waals surface area (Å²) in [5.41, 5.74) is 1.53. The fourth-order valence-corrected chi connectivity index (χ4v) is 3.62. The first-order valence-corrected chi connectivity index (χ1v) is 12.1. The summed E-state index contributed by atoms with van der Waals surface area (Å²) in [5.74, 6) is 0.827. The summed E-state index contributed by atoms with van der Waals surface area (Å²) in [6.07, 6.45) is 2.07. The van der Waals surface area contributed by atoms with Crippen LogP contribution in [0.15, 0.2) is 84.9 Å². The summed E-state index contributed by atoms with van der Waals surface area (Å²) in [6, 6.07) is 25.1. The van der Waals surface area contributed by atoms with Crippen molar-refractivity contribution in [3.8, 4) is 11.5 Å². The van der Waals surface area contributed by atoms with E-state index in [9.17, 15) is 14.4 Å². The largest absolute Gasteiger partial charge is 0.457 e. The van der Waals surface area contributed by atoms with Crippen molar-refractivity contribution in [1.82, 2.24) is 5.32 Å². The number of anilines is 1. The Labute approximate surface area is 210 Å². The Kier molecular flexibility index (Phi) is 8.83. The fraction of sp³-hybridized carbons (Fsp3) is 0.276. The number of para-hydroxylation sites is 1. The van der Waals surface area contributed by atoms with Crippen molar-refractivity contribution in [1.29, 1.82) is 0 Å². The normalized spacial score (nSPS) is 13.4. The summed E-state index contributed by atoms with van der Waals surface area (Å²) in [6.45, 7) is 0.310. The maximum atomic E-state index is 13.0. The second-order valence-electron chi connectivity index (χ2n) is 8.79. The van der Waals surface area contributed by atoms with Gasteiger partial charge in [0, 0.05) is 24.4 Å². The van der Waals surface area contributed by atoms with Gasteiger partial charge in [-0.2, -0.15) is 0 Å². The van der Waals surface area contributed by atoms with Crippen molar-refractivity contribution < 1.29 is 23.9 Å². The maximum Gasteiger partial charge on any atom is 0.249 e. The highest BCUT2D eigenvalue weighted by Crippen LogP contribution is 2.31. The predicted octanol–water partition coefficient (Wildman–Crippen LogP) is 4.88. The van der Waals surface area contributed by atoms with Crippen molar-refractivity contribution in [3.63, 3.8) is 0 Å². The first-order chi connectivity index (χ1) is 17.6. The van der Waals surface area contributed by atoms with E-state index in [-0.39, 0.29) is 37.1 Å². The van der Waals surface area contributed by atoms with Crippen LogP contribution in [0, 0.1) is 5.92 Å². The second kappa shape index (κ2) is 12.7. The molecule has 1 unspecified atom stereocenters. The van der Waals surface area contributed by atoms with E-state index in [4.69, 9.17) is 9.47 Å². The minimum Gasteiger partial charge on any atom is -0.457 e. The summed E-state index contributed by atoms with van der Waals surface area (Å²) >= 11 is 0. The van der Waals surface area contributed by atoms with Crippen molar-refractivity contribution in [2.45, 2.75) is 38.3 Å². The summed E-state index contributed by atoms with van der Waals surface area (Å²) in [4.78, 5) is 37.5. The summed E-state index contributed by atoms with van der Waals surface area (Å²) in [5, 5.41) is 5.55. The molecule has 0 saturated heterocycles. The summed E-state index contributed by atoms with van der Waals surface area (Å²) in [7, 11) is 0. The monoisotopic (exact) mass is 486 g/mol. The van der Waals surface area contributed by atoms with E-state index in [1.807, 2.05) is 60.7 Å².